The van der Waals surface area contributed by atoms with Crippen LogP contribution in [0.4, 0.5) is 9.59 Å². The van der Waals surface area contributed by atoms with Crippen LogP contribution in [0.1, 0.15) is 97.8 Å². The van der Waals surface area contributed by atoms with Crippen molar-refractivity contribution in [3.63, 3.8) is 0 Å². The van der Waals surface area contributed by atoms with E-state index in [4.69, 9.17) is 9.47 Å². The van der Waals surface area contributed by atoms with E-state index in [0.29, 0.717) is 40.4 Å². The Kier molecular flexibility index (Phi) is 25.9. The third kappa shape index (κ3) is 22.4. The number of amides is 9. The number of benzene rings is 3. The molecule has 5 aromatic rings. The van der Waals surface area contributed by atoms with E-state index in [2.05, 4.69) is 57.8 Å². The maximum atomic E-state index is 15.2. The maximum absolute atomic E-state index is 15.2. The summed E-state index contributed by atoms with van der Waals surface area (Å²) in [4.78, 5) is 148. The molecule has 0 unspecified atom stereocenters. The lowest BCUT2D eigenvalue weighted by atomic mass is 10.0. The number of phenols is 1. The molecular weight excluding hydrogens is 1220 g/mol. The molecule has 1 aliphatic rings. The molecule has 2 aromatic heterocycles. The van der Waals surface area contributed by atoms with Gasteiger partial charge in [0.2, 0.25) is 41.4 Å². The number of aromatic amines is 2. The van der Waals surface area contributed by atoms with E-state index in [1.165, 1.54) is 31.2 Å². The van der Waals surface area contributed by atoms with Crippen LogP contribution in [-0.4, -0.2) is 180 Å². The number of hydrogen-bond acceptors (Lipinski definition) is 17. The Balaban J connectivity index is 1.43. The van der Waals surface area contributed by atoms with Crippen LogP contribution in [0, 0.1) is 0 Å². The number of carbonyl (C=O) groups excluding carboxylic acids is 9. The monoisotopic (exact) mass is 1300 g/mol. The smallest absolute Gasteiger partial charge is 0.408 e. The van der Waals surface area contributed by atoms with Crippen LogP contribution in [0.5, 0.6) is 5.75 Å². The molecule has 6 rings (SSSR count). The fourth-order valence-electron chi connectivity index (χ4n) is 9.66. The quantitative estimate of drug-likeness (QED) is 0.0393. The van der Waals surface area contributed by atoms with Crippen molar-refractivity contribution in [3.8, 4) is 5.75 Å². The summed E-state index contributed by atoms with van der Waals surface area (Å²) in [7, 11) is 1.74. The van der Waals surface area contributed by atoms with Gasteiger partial charge in [-0.3, -0.25) is 33.6 Å². The van der Waals surface area contributed by atoms with E-state index in [1.807, 2.05) is 18.2 Å². The first-order chi connectivity index (χ1) is 42.9. The van der Waals surface area contributed by atoms with E-state index >= 15 is 14.4 Å². The first-order valence-electron chi connectivity index (χ1n) is 29.8. The Morgan fingerprint density at radius 1 is 0.626 bits per heavy atom. The predicted octanol–water partition coefficient (Wildman–Crippen LogP) is 3.00. The van der Waals surface area contributed by atoms with Crippen LogP contribution in [0.2, 0.25) is 0 Å². The van der Waals surface area contributed by atoms with E-state index in [1.54, 1.807) is 84.3 Å². The van der Waals surface area contributed by atoms with Crippen LogP contribution in [-0.2, 0) is 67.1 Å². The molecule has 3 heterocycles. The van der Waals surface area contributed by atoms with Crippen LogP contribution in [0.25, 0.3) is 21.8 Å². The van der Waals surface area contributed by atoms with E-state index in [-0.39, 0.29) is 50.2 Å². The summed E-state index contributed by atoms with van der Waals surface area (Å²) >= 11 is 0. The summed E-state index contributed by atoms with van der Waals surface area (Å²) in [5.74, 6) is -9.44. The highest BCUT2D eigenvalue weighted by atomic mass is 33.1. The lowest BCUT2D eigenvalue weighted by molar-refractivity contribution is -0.145. The number of hydrogen-bond donors (Lipinski definition) is 15. The number of aromatic nitrogens is 2. The van der Waals surface area contributed by atoms with Crippen molar-refractivity contribution in [2.24, 2.45) is 0 Å². The molecule has 1 saturated heterocycles. The number of aliphatic hydroxyl groups is 2. The van der Waals surface area contributed by atoms with Gasteiger partial charge in [-0.15, -0.1) is 0 Å². The summed E-state index contributed by atoms with van der Waals surface area (Å²) in [5, 5.41) is 66.6. The van der Waals surface area contributed by atoms with Gasteiger partial charge in [0.1, 0.15) is 59.2 Å². The Labute approximate surface area is 534 Å². The van der Waals surface area contributed by atoms with Crippen molar-refractivity contribution < 1.29 is 77.8 Å². The lowest BCUT2D eigenvalue weighted by Crippen LogP contribution is -2.62. The van der Waals surface area contributed by atoms with E-state index in [9.17, 15) is 54.0 Å². The molecule has 494 valence electrons. The molecule has 15 N–H and O–H groups in total. The number of rotatable bonds is 20. The molecule has 9 amide bonds. The zero-order valence-corrected chi connectivity index (χ0v) is 53.6. The number of alkyl carbamates (subject to hydrolysis) is 2. The fraction of sp³-hybridized carbons (Fsp3) is 0.484. The zero-order valence-electron chi connectivity index (χ0n) is 51.9. The minimum Gasteiger partial charge on any atom is -0.508 e. The van der Waals surface area contributed by atoms with Gasteiger partial charge in [0, 0.05) is 71.5 Å². The number of carbonyl (C=O) groups is 10. The fourth-order valence-corrected chi connectivity index (χ4v) is 12.0. The first-order valence-corrected chi connectivity index (χ1v) is 32.2. The van der Waals surface area contributed by atoms with Gasteiger partial charge in [-0.05, 0) is 109 Å². The number of para-hydroxylation sites is 2. The number of aromatic hydroxyl groups is 1. The highest BCUT2D eigenvalue weighted by Crippen LogP contribution is 2.26. The van der Waals surface area contributed by atoms with E-state index < -0.39 is 137 Å². The molecule has 0 radical (unpaired) electrons. The highest BCUT2D eigenvalue weighted by molar-refractivity contribution is 8.76. The third-order valence-corrected chi connectivity index (χ3v) is 16.7. The average Bonchev–Trinajstić information content (AvgIpc) is 1.86. The molecule has 10 atom stereocenters. The standard InChI is InChI=1S/C62H83N11O16S2/c1-33(74)49-57(83)70-48(56(82)73-50(34(2)75)58(84)85)32-91-90-31-47(69-54(80)46(71-60(87)89-62(6,7)8)28-37-30-65-42-19-14-12-17-40(37)42)55(81)67-44(26-35-21-23-38(76)24-22-35)52(78)68-45(27-36-29-64-41-18-13-11-16-39(36)41)53(79)66-43(51(77)72-49)20-10-9-15-25-63-59(86)88-61(3,4)5/h11-14,16-19,21-24,29-30,33-34,43-50,64-65,74-76H,9-10,15,20,25-28,31-32H2,1-8H3,(H,63,86)(H,66,79)(H,67,81)(H,68,78)(H,69,80)(H,70,83)(H,71,87)(H,72,77)(H,73,82)(H,84,85)/t33-,34-,43+,44+,45-,46-,47+,48+,49+,50+/m1/s1. The number of H-pyrrole nitrogens is 2. The largest absolute Gasteiger partial charge is 0.508 e. The summed E-state index contributed by atoms with van der Waals surface area (Å²) in [6.45, 7) is 12.5. The molecular formula is C62H83N11O16S2. The summed E-state index contributed by atoms with van der Waals surface area (Å²) in [5.41, 5.74) is 1.24. The number of aliphatic hydroxyl groups excluding tert-OH is 2. The number of carboxylic acid groups (broad SMARTS) is 1. The normalized spacial score (nSPS) is 20.6. The van der Waals surface area contributed by atoms with Crippen molar-refractivity contribution in [1.82, 2.24) is 57.8 Å². The molecule has 3 aromatic carbocycles. The number of fused-ring (bicyclic) bond motifs is 2. The molecule has 29 heteroatoms. The number of aliphatic carboxylic acids is 1. The first kappa shape index (κ1) is 71.5. The average molecular weight is 1300 g/mol. The second-order valence-electron chi connectivity index (χ2n) is 24.1. The summed E-state index contributed by atoms with van der Waals surface area (Å²) in [6.07, 6.45) is -1.32. The van der Waals surface area contributed by atoms with Crippen LogP contribution >= 0.6 is 21.6 Å². The topological polar surface area (TPSA) is 410 Å². The van der Waals surface area contributed by atoms with Crippen LogP contribution in [0.3, 0.4) is 0 Å². The Morgan fingerprint density at radius 2 is 1.18 bits per heavy atom. The van der Waals surface area contributed by atoms with E-state index in [0.717, 1.165) is 39.4 Å². The molecule has 91 heavy (non-hydrogen) atoms. The van der Waals surface area contributed by atoms with Gasteiger partial charge in [-0.1, -0.05) is 83.0 Å². The molecule has 27 nitrogen and oxygen atoms in total. The summed E-state index contributed by atoms with van der Waals surface area (Å²) < 4.78 is 10.9. The number of phenolic OH excluding ortho intramolecular Hbond substituents is 1. The van der Waals surface area contributed by atoms with Crippen molar-refractivity contribution >= 4 is 103 Å². The maximum Gasteiger partial charge on any atom is 0.408 e. The highest BCUT2D eigenvalue weighted by Gasteiger charge is 2.38. The van der Waals surface area contributed by atoms with Gasteiger partial charge in [0.25, 0.3) is 0 Å². The van der Waals surface area contributed by atoms with Gasteiger partial charge in [-0.25, -0.2) is 14.4 Å². The Hall–Kier alpha value is -8.54. The van der Waals surface area contributed by atoms with Crippen molar-refractivity contribution in [3.05, 3.63) is 102 Å². The Bertz CT molecular complexity index is 3360. The number of unbranched alkanes of at least 4 members (excludes halogenated alkanes) is 2. The lowest BCUT2D eigenvalue weighted by Gasteiger charge is -2.29. The van der Waals surface area contributed by atoms with Crippen molar-refractivity contribution in [2.75, 3.05) is 18.1 Å². The minimum absolute atomic E-state index is 0.108. The van der Waals surface area contributed by atoms with Crippen LogP contribution < -0.4 is 47.9 Å². The van der Waals surface area contributed by atoms with Gasteiger partial charge in [-0.2, -0.15) is 0 Å². The second-order valence-corrected chi connectivity index (χ2v) is 26.7. The van der Waals surface area contributed by atoms with Gasteiger partial charge < -0.3 is 87.7 Å². The zero-order chi connectivity index (χ0) is 66.7. The molecule has 1 fully saturated rings. The third-order valence-electron chi connectivity index (χ3n) is 14.2. The minimum atomic E-state index is -1.88. The molecule has 0 bridgehead atoms. The van der Waals surface area contributed by atoms with Crippen LogP contribution in [0.15, 0.2) is 85.2 Å². The molecule has 0 aliphatic carbocycles. The summed E-state index contributed by atoms with van der Waals surface area (Å²) in [6, 6.07) is 7.14. The molecule has 0 saturated carbocycles. The molecule has 1 aliphatic heterocycles. The number of carboxylic acids is 1. The SMILES string of the molecule is C[C@@H](O)[C@H](NC(=O)[C@@H]1CSSC[C@H](NC(=O)[C@@H](Cc2c[nH]c3ccccc23)NC(=O)OC(C)(C)C)C(=O)N[C@@H](Cc2ccc(O)cc2)C(=O)N[C@H](Cc2c[nH]c3ccccc23)C(=O)N[C@@H](CCCCCNC(=O)OC(C)(C)C)C(=O)N[C@@H]([C@@H](C)O)C(=O)N1)C(=O)O. The Morgan fingerprint density at radius 3 is 1.78 bits per heavy atom. The number of ether oxygens (including phenoxy) is 2. The van der Waals surface area contributed by atoms with Gasteiger partial charge in [0.05, 0.1) is 12.2 Å². The molecule has 0 spiro atoms. The number of nitrogens with one attached hydrogen (secondary N) is 11. The van der Waals surface area contributed by atoms with Gasteiger partial charge in [0.15, 0.2) is 6.04 Å². The second kappa shape index (κ2) is 33.0. The van der Waals surface area contributed by atoms with Crippen molar-refractivity contribution in [2.45, 2.75) is 172 Å². The predicted molar refractivity (Wildman–Crippen MR) is 341 cm³/mol. The van der Waals surface area contributed by atoms with Gasteiger partial charge >= 0.3 is 18.2 Å². The van der Waals surface area contributed by atoms with Crippen molar-refractivity contribution in [1.29, 1.82) is 0 Å².